The molecule has 1 saturated carbocycles. The highest BCUT2D eigenvalue weighted by atomic mass is 19.4. The minimum Gasteiger partial charge on any atom is -0.366 e. The van der Waals surface area contributed by atoms with Crippen LogP contribution in [0.1, 0.15) is 64.7 Å². The standard InChI is InChI=1S/C22H23F3N4O/c23-22(24,25)15-8-9-16(17(11-15)21(27)30)13-4-6-14(7-5-13)20(26)18-12-28-29-10-2-1-3-19(18)29/h1-3,8-14,20H,4-7,26H2,(H2,27,30). The highest BCUT2D eigenvalue weighted by Crippen LogP contribution is 2.42. The molecule has 2 aromatic heterocycles. The maximum atomic E-state index is 13.0. The van der Waals surface area contributed by atoms with Crippen LogP contribution in [-0.2, 0) is 6.18 Å². The van der Waals surface area contributed by atoms with E-state index < -0.39 is 17.6 Å². The van der Waals surface area contributed by atoms with Crippen LogP contribution in [0, 0.1) is 5.92 Å². The molecule has 158 valence electrons. The lowest BCUT2D eigenvalue weighted by Gasteiger charge is -2.33. The number of fused-ring (bicyclic) bond motifs is 1. The number of carbonyl (C=O) groups excluding carboxylic acids is 1. The van der Waals surface area contributed by atoms with E-state index in [0.29, 0.717) is 5.56 Å². The molecular weight excluding hydrogens is 393 g/mol. The van der Waals surface area contributed by atoms with Crippen LogP contribution in [-0.4, -0.2) is 15.5 Å². The number of carbonyl (C=O) groups is 1. The molecule has 2 heterocycles. The number of aromatic nitrogens is 2. The lowest BCUT2D eigenvalue weighted by atomic mass is 9.74. The van der Waals surface area contributed by atoms with Crippen molar-refractivity contribution in [2.75, 3.05) is 0 Å². The summed E-state index contributed by atoms with van der Waals surface area (Å²) < 4.78 is 40.8. The Morgan fingerprint density at radius 2 is 1.87 bits per heavy atom. The zero-order valence-electron chi connectivity index (χ0n) is 16.3. The summed E-state index contributed by atoms with van der Waals surface area (Å²) in [6.07, 6.45) is 2.27. The molecule has 0 radical (unpaired) electrons. The number of amides is 1. The third kappa shape index (κ3) is 3.79. The molecule has 4 rings (SSSR count). The van der Waals surface area contributed by atoms with Gasteiger partial charge in [0.2, 0.25) is 5.91 Å². The van der Waals surface area contributed by atoms with Crippen molar-refractivity contribution in [3.63, 3.8) is 0 Å². The lowest BCUT2D eigenvalue weighted by Crippen LogP contribution is -2.26. The molecule has 0 aliphatic heterocycles. The number of hydrogen-bond donors (Lipinski definition) is 2. The van der Waals surface area contributed by atoms with Crippen molar-refractivity contribution in [1.82, 2.24) is 9.61 Å². The molecule has 1 aromatic carbocycles. The number of rotatable bonds is 4. The zero-order chi connectivity index (χ0) is 21.5. The highest BCUT2D eigenvalue weighted by molar-refractivity contribution is 5.94. The number of nitrogens with two attached hydrogens (primary N) is 2. The monoisotopic (exact) mass is 416 g/mol. The first-order valence-corrected chi connectivity index (χ1v) is 9.94. The topological polar surface area (TPSA) is 86.4 Å². The molecule has 8 heteroatoms. The van der Waals surface area contributed by atoms with Crippen LogP contribution in [0.15, 0.2) is 48.8 Å². The zero-order valence-corrected chi connectivity index (χ0v) is 16.3. The van der Waals surface area contributed by atoms with Gasteiger partial charge in [-0.25, -0.2) is 4.52 Å². The van der Waals surface area contributed by atoms with E-state index in [0.717, 1.165) is 48.9 Å². The summed E-state index contributed by atoms with van der Waals surface area (Å²) in [7, 11) is 0. The fourth-order valence-corrected chi connectivity index (χ4v) is 4.56. The van der Waals surface area contributed by atoms with Crippen LogP contribution in [0.5, 0.6) is 0 Å². The normalized spacial score (nSPS) is 20.9. The van der Waals surface area contributed by atoms with Crippen molar-refractivity contribution in [2.24, 2.45) is 17.4 Å². The van der Waals surface area contributed by atoms with Gasteiger partial charge in [-0.15, -0.1) is 0 Å². The highest BCUT2D eigenvalue weighted by Gasteiger charge is 2.34. The average Bonchev–Trinajstić information content (AvgIpc) is 3.16. The predicted molar refractivity (Wildman–Crippen MR) is 107 cm³/mol. The Morgan fingerprint density at radius 1 is 1.13 bits per heavy atom. The minimum atomic E-state index is -4.51. The SMILES string of the molecule is NC(=O)c1cc(C(F)(F)F)ccc1C1CCC(C(N)c2cnn3ccccc23)CC1. The van der Waals surface area contributed by atoms with E-state index in [1.54, 1.807) is 10.7 Å². The smallest absolute Gasteiger partial charge is 0.366 e. The Labute approximate surface area is 171 Å². The predicted octanol–water partition coefficient (Wildman–Crippen LogP) is 4.43. The first kappa shape index (κ1) is 20.4. The third-order valence-corrected chi connectivity index (χ3v) is 6.18. The Hall–Kier alpha value is -2.87. The van der Waals surface area contributed by atoms with Crippen LogP contribution < -0.4 is 11.5 Å². The van der Waals surface area contributed by atoms with E-state index in [9.17, 15) is 18.0 Å². The summed E-state index contributed by atoms with van der Waals surface area (Å²) >= 11 is 0. The summed E-state index contributed by atoms with van der Waals surface area (Å²) in [4.78, 5) is 11.8. The summed E-state index contributed by atoms with van der Waals surface area (Å²) in [5.74, 6) is -0.607. The summed E-state index contributed by atoms with van der Waals surface area (Å²) in [6, 6.07) is 8.96. The second-order valence-electron chi connectivity index (χ2n) is 7.93. The second kappa shape index (κ2) is 7.75. The molecule has 30 heavy (non-hydrogen) atoms. The molecule has 0 spiro atoms. The first-order chi connectivity index (χ1) is 14.3. The van der Waals surface area contributed by atoms with Gasteiger partial charge >= 0.3 is 6.18 Å². The molecule has 5 nitrogen and oxygen atoms in total. The van der Waals surface area contributed by atoms with Crippen molar-refractivity contribution < 1.29 is 18.0 Å². The number of halogens is 3. The van der Waals surface area contributed by atoms with E-state index in [1.165, 1.54) is 6.07 Å². The molecule has 1 aliphatic rings. The fraction of sp³-hybridized carbons (Fsp3) is 0.364. The Morgan fingerprint density at radius 3 is 2.53 bits per heavy atom. The van der Waals surface area contributed by atoms with Crippen molar-refractivity contribution >= 4 is 11.4 Å². The van der Waals surface area contributed by atoms with E-state index in [-0.39, 0.29) is 23.4 Å². The first-order valence-electron chi connectivity index (χ1n) is 9.94. The molecule has 0 bridgehead atoms. The van der Waals surface area contributed by atoms with Gasteiger partial charge in [0.25, 0.3) is 0 Å². The molecule has 0 saturated heterocycles. The number of pyridine rings is 1. The van der Waals surface area contributed by atoms with Crippen LogP contribution >= 0.6 is 0 Å². The Bertz CT molecular complexity index is 1070. The second-order valence-corrected chi connectivity index (χ2v) is 7.93. The maximum absolute atomic E-state index is 13.0. The summed E-state index contributed by atoms with van der Waals surface area (Å²) in [5.41, 5.74) is 13.6. The van der Waals surface area contributed by atoms with E-state index in [4.69, 9.17) is 11.5 Å². The molecule has 3 aromatic rings. The van der Waals surface area contributed by atoms with Gasteiger partial charge in [-0.3, -0.25) is 4.79 Å². The van der Waals surface area contributed by atoms with Gasteiger partial charge in [0.05, 0.1) is 17.3 Å². The summed E-state index contributed by atoms with van der Waals surface area (Å²) in [5, 5.41) is 4.35. The van der Waals surface area contributed by atoms with E-state index in [2.05, 4.69) is 5.10 Å². The average molecular weight is 416 g/mol. The number of alkyl halides is 3. The molecule has 1 aliphatic carbocycles. The van der Waals surface area contributed by atoms with Gasteiger partial charge in [0, 0.05) is 23.4 Å². The molecule has 1 fully saturated rings. The van der Waals surface area contributed by atoms with Gasteiger partial charge in [-0.1, -0.05) is 12.1 Å². The number of primary amides is 1. The summed E-state index contributed by atoms with van der Waals surface area (Å²) in [6.45, 7) is 0. The third-order valence-electron chi connectivity index (χ3n) is 6.18. The van der Waals surface area contributed by atoms with E-state index >= 15 is 0 Å². The largest absolute Gasteiger partial charge is 0.416 e. The lowest BCUT2D eigenvalue weighted by molar-refractivity contribution is -0.137. The Balaban J connectivity index is 1.51. The van der Waals surface area contributed by atoms with Crippen molar-refractivity contribution in [2.45, 2.75) is 43.8 Å². The Kier molecular flexibility index (Phi) is 5.27. The quantitative estimate of drug-likeness (QED) is 0.660. The molecule has 4 N–H and O–H groups in total. The number of nitrogens with zero attached hydrogens (tertiary/aromatic N) is 2. The van der Waals surface area contributed by atoms with Crippen molar-refractivity contribution in [1.29, 1.82) is 0 Å². The molecule has 1 amide bonds. The minimum absolute atomic E-state index is 0.0119. The number of benzene rings is 1. The van der Waals surface area contributed by atoms with Crippen molar-refractivity contribution in [3.05, 3.63) is 71.0 Å². The molecule has 1 unspecified atom stereocenters. The van der Waals surface area contributed by atoms with Gasteiger partial charge in [0.1, 0.15) is 0 Å². The van der Waals surface area contributed by atoms with Crippen molar-refractivity contribution in [3.8, 4) is 0 Å². The number of hydrogen-bond acceptors (Lipinski definition) is 3. The molecular formula is C22H23F3N4O. The van der Waals surface area contributed by atoms with Crippen LogP contribution in [0.2, 0.25) is 0 Å². The fourth-order valence-electron chi connectivity index (χ4n) is 4.56. The van der Waals surface area contributed by atoms with Gasteiger partial charge < -0.3 is 11.5 Å². The van der Waals surface area contributed by atoms with Gasteiger partial charge in [-0.2, -0.15) is 18.3 Å². The molecule has 1 atom stereocenters. The van der Waals surface area contributed by atoms with Gasteiger partial charge in [-0.05, 0) is 67.3 Å². The van der Waals surface area contributed by atoms with Crippen LogP contribution in [0.4, 0.5) is 13.2 Å². The van der Waals surface area contributed by atoms with Gasteiger partial charge in [0.15, 0.2) is 0 Å². The maximum Gasteiger partial charge on any atom is 0.416 e. The van der Waals surface area contributed by atoms with Crippen LogP contribution in [0.3, 0.4) is 0 Å². The van der Waals surface area contributed by atoms with Crippen LogP contribution in [0.25, 0.3) is 5.52 Å². The van der Waals surface area contributed by atoms with E-state index in [1.807, 2.05) is 24.4 Å².